The molecule has 4 amide bonds. The van der Waals surface area contributed by atoms with Crippen LogP contribution in [0.4, 0.5) is 9.59 Å². The van der Waals surface area contributed by atoms with E-state index in [0.717, 1.165) is 44.3 Å². The number of aromatic amines is 2. The molecule has 2 heterocycles. The van der Waals surface area contributed by atoms with Gasteiger partial charge >= 0.3 is 12.2 Å². The van der Waals surface area contributed by atoms with Crippen molar-refractivity contribution >= 4 is 46.1 Å². The Morgan fingerprint density at radius 3 is 1.49 bits per heavy atom. The van der Waals surface area contributed by atoms with Crippen molar-refractivity contribution in [2.75, 3.05) is 28.3 Å². The van der Waals surface area contributed by atoms with Crippen molar-refractivity contribution in [1.82, 2.24) is 40.4 Å². The standard InChI is InChI=1S/C41H48N8O6/c1-23(42-35(50)40(17-18-40)48(5)37(52)54-7)33-43-28-15-13-26(21-30(28)45-33)24-9-11-25(12-10-24)27-14-16-29-31(22-27)46-34(44-29)32(39(2,3)4)47-36(51)41(19-20-41)49(6)38(53)55-8/h9-16,21-23,32H,17-20H2,1-8H3,(H,42,50)(H,43,45)(H,44,46)(H,47,51)/t23-,32?/m0/s1. The van der Waals surface area contributed by atoms with Crippen molar-refractivity contribution in [3.8, 4) is 22.3 Å². The van der Waals surface area contributed by atoms with E-state index in [1.54, 1.807) is 14.1 Å². The number of amides is 4. The average molecular weight is 749 g/mol. The van der Waals surface area contributed by atoms with Gasteiger partial charge in [0.2, 0.25) is 11.8 Å². The molecule has 3 aromatic carbocycles. The van der Waals surface area contributed by atoms with E-state index in [2.05, 4.69) is 50.9 Å². The van der Waals surface area contributed by atoms with Gasteiger partial charge in [-0.25, -0.2) is 19.6 Å². The highest BCUT2D eigenvalue weighted by molar-refractivity contribution is 5.94. The van der Waals surface area contributed by atoms with Crippen molar-refractivity contribution < 1.29 is 28.7 Å². The molecule has 55 heavy (non-hydrogen) atoms. The number of fused-ring (bicyclic) bond motifs is 2. The topological polar surface area (TPSA) is 175 Å². The molecule has 4 N–H and O–H groups in total. The molecule has 7 rings (SSSR count). The Bertz CT molecular complexity index is 2300. The van der Waals surface area contributed by atoms with Gasteiger partial charge in [0.15, 0.2) is 0 Å². The van der Waals surface area contributed by atoms with Crippen molar-refractivity contribution in [3.63, 3.8) is 0 Å². The van der Waals surface area contributed by atoms with E-state index in [9.17, 15) is 19.2 Å². The lowest BCUT2D eigenvalue weighted by atomic mass is 9.86. The number of carbonyl (C=O) groups excluding carboxylic acids is 4. The van der Waals surface area contributed by atoms with Crippen molar-refractivity contribution in [3.05, 3.63) is 72.3 Å². The van der Waals surface area contributed by atoms with E-state index in [0.29, 0.717) is 37.3 Å². The Balaban J connectivity index is 1.06. The molecule has 2 saturated carbocycles. The van der Waals surface area contributed by atoms with Gasteiger partial charge in [-0.3, -0.25) is 19.4 Å². The Morgan fingerprint density at radius 2 is 1.07 bits per heavy atom. The first-order valence-electron chi connectivity index (χ1n) is 18.5. The fourth-order valence-corrected chi connectivity index (χ4v) is 7.26. The monoisotopic (exact) mass is 748 g/mol. The molecule has 2 fully saturated rings. The fraction of sp³-hybridized carbons (Fsp3) is 0.415. The number of H-pyrrole nitrogens is 2. The fourth-order valence-electron chi connectivity index (χ4n) is 7.26. The quantitative estimate of drug-likeness (QED) is 0.123. The molecule has 14 heteroatoms. The highest BCUT2D eigenvalue weighted by Crippen LogP contribution is 2.44. The Kier molecular flexibility index (Phi) is 9.34. The summed E-state index contributed by atoms with van der Waals surface area (Å²) in [6.45, 7) is 8.00. The highest BCUT2D eigenvalue weighted by Gasteiger charge is 2.57. The predicted octanol–water partition coefficient (Wildman–Crippen LogP) is 6.62. The first-order valence-corrected chi connectivity index (χ1v) is 18.5. The van der Waals surface area contributed by atoms with E-state index in [1.165, 1.54) is 24.0 Å². The van der Waals surface area contributed by atoms with E-state index in [4.69, 9.17) is 19.4 Å². The molecule has 2 aliphatic carbocycles. The van der Waals surface area contributed by atoms with Crippen LogP contribution in [-0.4, -0.2) is 93.1 Å². The Hall–Kier alpha value is -5.92. The molecule has 0 saturated heterocycles. The maximum Gasteiger partial charge on any atom is 0.410 e. The summed E-state index contributed by atoms with van der Waals surface area (Å²) in [5, 5.41) is 6.20. The maximum absolute atomic E-state index is 13.6. The van der Waals surface area contributed by atoms with Crippen LogP contribution >= 0.6 is 0 Å². The summed E-state index contributed by atoms with van der Waals surface area (Å²) < 4.78 is 9.70. The molecule has 0 spiro atoms. The molecule has 14 nitrogen and oxygen atoms in total. The predicted molar refractivity (Wildman–Crippen MR) is 208 cm³/mol. The van der Waals surface area contributed by atoms with Crippen molar-refractivity contribution in [2.45, 2.75) is 76.5 Å². The van der Waals surface area contributed by atoms with Gasteiger partial charge < -0.3 is 30.1 Å². The third-order valence-corrected chi connectivity index (χ3v) is 11.2. The number of imidazole rings is 2. The summed E-state index contributed by atoms with van der Waals surface area (Å²) in [5.74, 6) is 0.818. The second-order valence-corrected chi connectivity index (χ2v) is 15.9. The molecule has 2 atom stereocenters. The summed E-state index contributed by atoms with van der Waals surface area (Å²) in [4.78, 5) is 70.2. The summed E-state index contributed by atoms with van der Waals surface area (Å²) in [6, 6.07) is 19.6. The summed E-state index contributed by atoms with van der Waals surface area (Å²) in [5.41, 5.74) is 5.17. The first-order chi connectivity index (χ1) is 26.1. The molecule has 288 valence electrons. The molecule has 1 unspecified atom stereocenters. The number of carbonyl (C=O) groups is 4. The molecule has 2 aromatic heterocycles. The number of hydrogen-bond acceptors (Lipinski definition) is 8. The van der Waals surface area contributed by atoms with Gasteiger partial charge in [-0.1, -0.05) is 57.2 Å². The normalized spacial score (nSPS) is 16.5. The number of methoxy groups -OCH3 is 2. The number of ether oxygens (including phenoxy) is 2. The van der Waals surface area contributed by atoms with Gasteiger partial charge in [0.05, 0.1) is 48.4 Å². The van der Waals surface area contributed by atoms with Crippen LogP contribution in [-0.2, 0) is 19.1 Å². The summed E-state index contributed by atoms with van der Waals surface area (Å²) in [7, 11) is 5.80. The molecule has 0 aliphatic heterocycles. The summed E-state index contributed by atoms with van der Waals surface area (Å²) >= 11 is 0. The lowest BCUT2D eigenvalue weighted by Crippen LogP contribution is -2.52. The molecular formula is C41H48N8O6. The van der Waals surface area contributed by atoms with Gasteiger partial charge in [-0.05, 0) is 84.5 Å². The van der Waals surface area contributed by atoms with Gasteiger partial charge in [0.25, 0.3) is 0 Å². The lowest BCUT2D eigenvalue weighted by molar-refractivity contribution is -0.129. The number of rotatable bonds is 10. The van der Waals surface area contributed by atoms with E-state index < -0.39 is 35.3 Å². The Labute approximate surface area is 319 Å². The highest BCUT2D eigenvalue weighted by atomic mass is 16.5. The first kappa shape index (κ1) is 37.4. The molecule has 0 radical (unpaired) electrons. The largest absolute Gasteiger partial charge is 0.453 e. The molecular weight excluding hydrogens is 701 g/mol. The van der Waals surface area contributed by atoms with Crippen LogP contribution < -0.4 is 10.6 Å². The van der Waals surface area contributed by atoms with Gasteiger partial charge in [-0.15, -0.1) is 0 Å². The SMILES string of the molecule is COC(=O)N(C)C1(C(=O)NC(c2nc3ccc(-c4ccc(-c5ccc6nc([C@H](C)NC(=O)C7(N(C)C(=O)OC)CC7)[nH]c6c5)cc4)cc3[nH]2)C(C)(C)C)CC1. The van der Waals surface area contributed by atoms with Crippen LogP contribution in [0.1, 0.15) is 77.1 Å². The Morgan fingerprint density at radius 1 is 0.673 bits per heavy atom. The van der Waals surface area contributed by atoms with E-state index in [-0.39, 0.29) is 17.2 Å². The number of likely N-dealkylation sites (N-methyl/N-ethyl adjacent to an activating group) is 2. The lowest BCUT2D eigenvalue weighted by Gasteiger charge is -2.33. The van der Waals surface area contributed by atoms with Crippen LogP contribution in [0.2, 0.25) is 0 Å². The van der Waals surface area contributed by atoms with Gasteiger partial charge in [0, 0.05) is 14.1 Å². The number of nitrogens with zero attached hydrogens (tertiary/aromatic N) is 4. The van der Waals surface area contributed by atoms with Crippen molar-refractivity contribution in [2.24, 2.45) is 5.41 Å². The maximum atomic E-state index is 13.6. The van der Waals surface area contributed by atoms with Crippen LogP contribution in [0.15, 0.2) is 60.7 Å². The zero-order valence-corrected chi connectivity index (χ0v) is 32.5. The number of benzene rings is 3. The smallest absolute Gasteiger partial charge is 0.410 e. The molecule has 0 bridgehead atoms. The van der Waals surface area contributed by atoms with Crippen LogP contribution in [0.3, 0.4) is 0 Å². The zero-order chi connectivity index (χ0) is 39.4. The second-order valence-electron chi connectivity index (χ2n) is 15.9. The van der Waals surface area contributed by atoms with Gasteiger partial charge in [0.1, 0.15) is 22.7 Å². The summed E-state index contributed by atoms with van der Waals surface area (Å²) in [6.07, 6.45) is 1.23. The van der Waals surface area contributed by atoms with Crippen LogP contribution in [0.25, 0.3) is 44.3 Å². The number of nitrogens with one attached hydrogen (secondary N) is 4. The minimum atomic E-state index is -0.918. The average Bonchev–Trinajstić information content (AvgIpc) is 4.08. The van der Waals surface area contributed by atoms with E-state index in [1.807, 2.05) is 58.0 Å². The number of aromatic nitrogens is 4. The third kappa shape index (κ3) is 6.85. The van der Waals surface area contributed by atoms with Crippen LogP contribution in [0.5, 0.6) is 0 Å². The number of hydrogen-bond donors (Lipinski definition) is 4. The second kappa shape index (κ2) is 13.7. The molecule has 5 aromatic rings. The zero-order valence-electron chi connectivity index (χ0n) is 32.5. The minimum Gasteiger partial charge on any atom is -0.453 e. The van der Waals surface area contributed by atoms with Crippen molar-refractivity contribution in [1.29, 1.82) is 0 Å². The van der Waals surface area contributed by atoms with Crippen LogP contribution in [0, 0.1) is 5.41 Å². The van der Waals surface area contributed by atoms with Gasteiger partial charge in [-0.2, -0.15) is 0 Å². The van der Waals surface area contributed by atoms with E-state index >= 15 is 0 Å². The molecule has 2 aliphatic rings. The third-order valence-electron chi connectivity index (χ3n) is 11.2. The minimum absolute atomic E-state index is 0.222.